The van der Waals surface area contributed by atoms with E-state index < -0.39 is 11.6 Å². The van der Waals surface area contributed by atoms with Crippen LogP contribution in [0.2, 0.25) is 0 Å². The molecule has 1 fully saturated rings. The summed E-state index contributed by atoms with van der Waals surface area (Å²) < 4.78 is 26.8. The number of carbonyl (C=O) groups excluding carboxylic acids is 1. The van der Waals surface area contributed by atoms with Crippen molar-refractivity contribution in [2.45, 2.75) is 24.6 Å². The Morgan fingerprint density at radius 1 is 1.28 bits per heavy atom. The average Bonchev–Trinajstić information content (AvgIpc) is 2.34. The van der Waals surface area contributed by atoms with E-state index in [9.17, 15) is 13.6 Å². The Labute approximate surface area is 110 Å². The van der Waals surface area contributed by atoms with Crippen molar-refractivity contribution in [3.63, 3.8) is 0 Å². The summed E-state index contributed by atoms with van der Waals surface area (Å²) in [7, 11) is 0. The van der Waals surface area contributed by atoms with Crippen LogP contribution in [0.3, 0.4) is 0 Å². The van der Waals surface area contributed by atoms with Gasteiger partial charge in [-0.15, -0.1) is 11.6 Å². The molecule has 0 aromatic heterocycles. The van der Waals surface area contributed by atoms with E-state index >= 15 is 0 Å². The van der Waals surface area contributed by atoms with Gasteiger partial charge in [-0.25, -0.2) is 8.78 Å². The zero-order valence-corrected chi connectivity index (χ0v) is 10.6. The summed E-state index contributed by atoms with van der Waals surface area (Å²) in [5.41, 5.74) is -0.157. The van der Waals surface area contributed by atoms with Gasteiger partial charge in [-0.2, -0.15) is 0 Å². The van der Waals surface area contributed by atoms with Crippen LogP contribution in [0.5, 0.6) is 0 Å². The van der Waals surface area contributed by atoms with Crippen LogP contribution in [0.25, 0.3) is 0 Å². The number of benzene rings is 1. The summed E-state index contributed by atoms with van der Waals surface area (Å²) in [5, 5.41) is 0.0965. The van der Waals surface area contributed by atoms with E-state index in [1.807, 2.05) is 0 Å². The molecule has 0 saturated carbocycles. The molecule has 1 heterocycles. The minimum Gasteiger partial charge on any atom is -0.342 e. The van der Waals surface area contributed by atoms with Crippen LogP contribution in [-0.2, 0) is 11.2 Å². The van der Waals surface area contributed by atoms with Gasteiger partial charge in [-0.3, -0.25) is 4.79 Å². The number of rotatable bonds is 2. The largest absolute Gasteiger partial charge is 0.342 e. The van der Waals surface area contributed by atoms with Gasteiger partial charge in [0.25, 0.3) is 0 Å². The number of nitrogens with zero attached hydrogens (tertiary/aromatic N) is 1. The smallest absolute Gasteiger partial charge is 0.227 e. The summed E-state index contributed by atoms with van der Waals surface area (Å²) in [6.07, 6.45) is 1.23. The molecule has 1 aromatic rings. The minimum atomic E-state index is -0.671. The van der Waals surface area contributed by atoms with Gasteiger partial charge < -0.3 is 4.90 Å². The molecule has 0 aliphatic carbocycles. The van der Waals surface area contributed by atoms with Crippen molar-refractivity contribution in [2.24, 2.45) is 0 Å². The normalized spacial score (nSPS) is 16.9. The first kappa shape index (κ1) is 13.3. The molecule has 0 bridgehead atoms. The highest BCUT2D eigenvalue weighted by molar-refractivity contribution is 6.20. The first-order valence-corrected chi connectivity index (χ1v) is 6.36. The Bertz CT molecular complexity index is 424. The van der Waals surface area contributed by atoms with E-state index in [2.05, 4.69) is 0 Å². The van der Waals surface area contributed by atoms with Gasteiger partial charge in [0, 0.05) is 24.0 Å². The average molecular weight is 274 g/mol. The van der Waals surface area contributed by atoms with E-state index in [4.69, 9.17) is 11.6 Å². The fraction of sp³-hybridized carbons (Fsp3) is 0.462. The Hall–Kier alpha value is -1.16. The maximum atomic E-state index is 13.4. The van der Waals surface area contributed by atoms with Crippen molar-refractivity contribution < 1.29 is 13.6 Å². The molecule has 18 heavy (non-hydrogen) atoms. The van der Waals surface area contributed by atoms with Gasteiger partial charge in [0.2, 0.25) is 5.91 Å². The predicted octanol–water partition coefficient (Wildman–Crippen LogP) is 2.74. The molecule has 1 amide bonds. The second kappa shape index (κ2) is 5.65. The molecule has 0 unspecified atom stereocenters. The quantitative estimate of drug-likeness (QED) is 0.759. The molecule has 5 heteroatoms. The minimum absolute atomic E-state index is 0.0965. The first-order chi connectivity index (χ1) is 8.58. The molecular weight excluding hydrogens is 260 g/mol. The molecule has 1 aliphatic rings. The molecule has 0 radical (unpaired) electrons. The summed E-state index contributed by atoms with van der Waals surface area (Å²) in [6, 6.07) is 3.62. The lowest BCUT2D eigenvalue weighted by molar-refractivity contribution is -0.131. The zero-order valence-electron chi connectivity index (χ0n) is 9.83. The third-order valence-corrected chi connectivity index (χ3v) is 3.60. The van der Waals surface area contributed by atoms with Crippen molar-refractivity contribution in [3.8, 4) is 0 Å². The third kappa shape index (κ3) is 2.99. The lowest BCUT2D eigenvalue weighted by Gasteiger charge is -2.29. The number of hydrogen-bond donors (Lipinski definition) is 0. The van der Waals surface area contributed by atoms with E-state index in [0.29, 0.717) is 13.1 Å². The number of piperidine rings is 1. The van der Waals surface area contributed by atoms with E-state index in [1.54, 1.807) is 4.90 Å². The fourth-order valence-corrected chi connectivity index (χ4v) is 2.26. The van der Waals surface area contributed by atoms with Crippen molar-refractivity contribution in [1.82, 2.24) is 4.90 Å². The highest BCUT2D eigenvalue weighted by Gasteiger charge is 2.23. The molecule has 0 spiro atoms. The van der Waals surface area contributed by atoms with Crippen LogP contribution in [0.15, 0.2) is 18.2 Å². The van der Waals surface area contributed by atoms with Gasteiger partial charge in [0.05, 0.1) is 6.42 Å². The molecule has 98 valence electrons. The van der Waals surface area contributed by atoms with Crippen LogP contribution < -0.4 is 0 Å². The van der Waals surface area contributed by atoms with Crippen molar-refractivity contribution in [1.29, 1.82) is 0 Å². The molecule has 1 aromatic carbocycles. The van der Waals surface area contributed by atoms with E-state index in [-0.39, 0.29) is 23.3 Å². The summed E-state index contributed by atoms with van der Waals surface area (Å²) in [6.45, 7) is 1.12. The number of carbonyl (C=O) groups is 1. The number of likely N-dealkylation sites (tertiary alicyclic amines) is 1. The fourth-order valence-electron chi connectivity index (χ4n) is 2.06. The topological polar surface area (TPSA) is 20.3 Å². The second-order valence-electron chi connectivity index (χ2n) is 4.43. The van der Waals surface area contributed by atoms with E-state index in [1.165, 1.54) is 6.07 Å². The number of amides is 1. The molecular formula is C13H14ClF2NO. The first-order valence-electron chi connectivity index (χ1n) is 5.92. The van der Waals surface area contributed by atoms with E-state index in [0.717, 1.165) is 25.0 Å². The number of hydrogen-bond acceptors (Lipinski definition) is 1. The Morgan fingerprint density at radius 3 is 2.39 bits per heavy atom. The molecule has 2 rings (SSSR count). The predicted molar refractivity (Wildman–Crippen MR) is 65.5 cm³/mol. The van der Waals surface area contributed by atoms with Crippen LogP contribution >= 0.6 is 11.6 Å². The van der Waals surface area contributed by atoms with Gasteiger partial charge in [0.1, 0.15) is 11.6 Å². The van der Waals surface area contributed by atoms with Crippen LogP contribution in [0.4, 0.5) is 8.78 Å². The second-order valence-corrected chi connectivity index (χ2v) is 5.05. The van der Waals surface area contributed by atoms with Gasteiger partial charge in [-0.05, 0) is 25.0 Å². The van der Waals surface area contributed by atoms with Crippen molar-refractivity contribution >= 4 is 17.5 Å². The van der Waals surface area contributed by atoms with Crippen molar-refractivity contribution in [3.05, 3.63) is 35.4 Å². The lowest BCUT2D eigenvalue weighted by atomic mass is 10.1. The Kier molecular flexibility index (Phi) is 4.17. The Balaban J connectivity index is 2.03. The maximum Gasteiger partial charge on any atom is 0.227 e. The van der Waals surface area contributed by atoms with Crippen LogP contribution in [0, 0.1) is 11.6 Å². The monoisotopic (exact) mass is 273 g/mol. The molecule has 0 atom stereocenters. The van der Waals surface area contributed by atoms with Gasteiger partial charge in [-0.1, -0.05) is 6.07 Å². The third-order valence-electron chi connectivity index (χ3n) is 3.17. The molecule has 1 saturated heterocycles. The summed E-state index contributed by atoms with van der Waals surface area (Å²) >= 11 is 5.94. The maximum absolute atomic E-state index is 13.4. The number of halogens is 3. The number of alkyl halides is 1. The highest BCUT2D eigenvalue weighted by Crippen LogP contribution is 2.18. The summed E-state index contributed by atoms with van der Waals surface area (Å²) in [5.74, 6) is -1.59. The molecule has 2 nitrogen and oxygen atoms in total. The molecule has 0 N–H and O–H groups in total. The van der Waals surface area contributed by atoms with Crippen LogP contribution in [0.1, 0.15) is 18.4 Å². The Morgan fingerprint density at radius 2 is 1.83 bits per heavy atom. The molecule has 1 aliphatic heterocycles. The van der Waals surface area contributed by atoms with Gasteiger partial charge >= 0.3 is 0 Å². The lowest BCUT2D eigenvalue weighted by Crippen LogP contribution is -2.39. The standard InChI is InChI=1S/C13H14ClF2NO/c14-9-4-6-17(7-5-9)13(18)8-10-11(15)2-1-3-12(10)16/h1-3,9H,4-8H2. The van der Waals surface area contributed by atoms with Crippen LogP contribution in [-0.4, -0.2) is 29.3 Å². The van der Waals surface area contributed by atoms with Crippen molar-refractivity contribution in [2.75, 3.05) is 13.1 Å². The SMILES string of the molecule is O=C(Cc1c(F)cccc1F)N1CCC(Cl)CC1. The highest BCUT2D eigenvalue weighted by atomic mass is 35.5. The zero-order chi connectivity index (χ0) is 13.1. The summed E-state index contributed by atoms with van der Waals surface area (Å²) in [4.78, 5) is 13.5. The van der Waals surface area contributed by atoms with Gasteiger partial charge in [0.15, 0.2) is 0 Å².